The Morgan fingerprint density at radius 1 is 1.20 bits per heavy atom. The van der Waals surface area contributed by atoms with Crippen molar-refractivity contribution in [1.82, 2.24) is 0 Å². The largest absolute Gasteiger partial charge is 0.291 e. The first-order valence-corrected chi connectivity index (χ1v) is 4.51. The smallest absolute Gasteiger partial charge is 0.195 e. The summed E-state index contributed by atoms with van der Waals surface area (Å²) in [6, 6.07) is 8.83. The van der Waals surface area contributed by atoms with Crippen LogP contribution in [-0.2, 0) is 0 Å². The zero-order valence-corrected chi connectivity index (χ0v) is 8.61. The van der Waals surface area contributed by atoms with E-state index in [9.17, 15) is 4.79 Å². The highest BCUT2D eigenvalue weighted by molar-refractivity contribution is 6.03. The van der Waals surface area contributed by atoms with E-state index in [0.29, 0.717) is 5.56 Å². The minimum absolute atomic E-state index is 0.407. The topological polar surface area (TPSA) is 64.7 Å². The van der Waals surface area contributed by atoms with Crippen LogP contribution in [-0.4, -0.2) is 5.78 Å². The summed E-state index contributed by atoms with van der Waals surface area (Å²) < 4.78 is 0. The van der Waals surface area contributed by atoms with E-state index in [1.807, 2.05) is 6.07 Å². The van der Waals surface area contributed by atoms with Crippen LogP contribution in [0, 0.1) is 42.4 Å². The van der Waals surface area contributed by atoms with Gasteiger partial charge >= 0.3 is 0 Å². The summed E-state index contributed by atoms with van der Waals surface area (Å²) in [4.78, 5) is 11.8. The molecule has 0 aromatic heterocycles. The number of carbonyl (C=O) groups excluding carboxylic acids is 1. The van der Waals surface area contributed by atoms with Crippen LogP contribution in [0.3, 0.4) is 0 Å². The van der Waals surface area contributed by atoms with Crippen LogP contribution < -0.4 is 0 Å². The van der Waals surface area contributed by atoms with Gasteiger partial charge in [0, 0.05) is 5.56 Å². The van der Waals surface area contributed by atoms with Gasteiger partial charge in [-0.3, -0.25) is 4.79 Å². The van der Waals surface area contributed by atoms with Gasteiger partial charge in [0.25, 0.3) is 0 Å². The normalized spacial score (nSPS) is 9.40. The molecule has 1 rings (SSSR count). The predicted molar refractivity (Wildman–Crippen MR) is 55.0 cm³/mol. The molecule has 0 N–H and O–H groups in total. The Balaban J connectivity index is 3.25. The molecule has 0 spiro atoms. The summed E-state index contributed by atoms with van der Waals surface area (Å²) in [5, 5.41) is 17.3. The van der Waals surface area contributed by atoms with Gasteiger partial charge in [0.2, 0.25) is 0 Å². The molecule has 1 aromatic rings. The van der Waals surface area contributed by atoms with Gasteiger partial charge in [-0.2, -0.15) is 10.5 Å². The van der Waals surface area contributed by atoms with Crippen molar-refractivity contribution in [2.24, 2.45) is 5.92 Å². The van der Waals surface area contributed by atoms with Gasteiger partial charge in [0.1, 0.15) is 0 Å². The van der Waals surface area contributed by atoms with Crippen molar-refractivity contribution in [1.29, 1.82) is 10.5 Å². The lowest BCUT2D eigenvalue weighted by Gasteiger charge is -2.07. The van der Waals surface area contributed by atoms with Crippen molar-refractivity contribution in [2.75, 3.05) is 0 Å². The van der Waals surface area contributed by atoms with Crippen LogP contribution in [0.15, 0.2) is 18.2 Å². The van der Waals surface area contributed by atoms with Crippen LogP contribution in [0.1, 0.15) is 21.5 Å². The molecule has 0 saturated carbocycles. The number of aryl methyl sites for hydroxylation is 2. The number of rotatable bonds is 2. The summed E-state index contributed by atoms with van der Waals surface area (Å²) >= 11 is 0. The second-order valence-electron chi connectivity index (χ2n) is 3.32. The zero-order chi connectivity index (χ0) is 11.4. The fourth-order valence-electron chi connectivity index (χ4n) is 1.49. The molecule has 0 unspecified atom stereocenters. The standard InChI is InChI=1S/C12H10N2O/c1-8-4-3-5-9(2)11(8)12(15)10(6-13)7-14/h3-5,10H,1-2H3. The number of hydrogen-bond acceptors (Lipinski definition) is 3. The quantitative estimate of drug-likeness (QED) is 0.684. The highest BCUT2D eigenvalue weighted by Gasteiger charge is 2.21. The van der Waals surface area contributed by atoms with Crippen LogP contribution in [0.4, 0.5) is 0 Å². The Morgan fingerprint density at radius 2 is 1.67 bits per heavy atom. The molecule has 3 nitrogen and oxygen atoms in total. The van der Waals surface area contributed by atoms with Crippen LogP contribution in [0.2, 0.25) is 0 Å². The number of nitriles is 2. The van der Waals surface area contributed by atoms with Crippen LogP contribution in [0.5, 0.6) is 0 Å². The molecule has 0 aliphatic rings. The predicted octanol–water partition coefficient (Wildman–Crippen LogP) is 2.15. The summed E-state index contributed by atoms with van der Waals surface area (Å²) in [6.45, 7) is 3.60. The fourth-order valence-corrected chi connectivity index (χ4v) is 1.49. The second-order valence-corrected chi connectivity index (χ2v) is 3.32. The Hall–Kier alpha value is -2.13. The lowest BCUT2D eigenvalue weighted by molar-refractivity contribution is 0.0969. The van der Waals surface area contributed by atoms with Crippen molar-refractivity contribution in [3.8, 4) is 12.1 Å². The summed E-state index contributed by atoms with van der Waals surface area (Å²) in [5.41, 5.74) is 2.09. The molecule has 0 radical (unpaired) electrons. The molecule has 0 heterocycles. The van der Waals surface area contributed by atoms with Crippen molar-refractivity contribution >= 4 is 5.78 Å². The third kappa shape index (κ3) is 2.03. The van der Waals surface area contributed by atoms with E-state index < -0.39 is 11.7 Å². The van der Waals surface area contributed by atoms with Gasteiger partial charge in [0.15, 0.2) is 11.7 Å². The highest BCUT2D eigenvalue weighted by Crippen LogP contribution is 2.17. The maximum atomic E-state index is 11.8. The van der Waals surface area contributed by atoms with Crippen molar-refractivity contribution in [2.45, 2.75) is 13.8 Å². The highest BCUT2D eigenvalue weighted by atomic mass is 16.1. The van der Waals surface area contributed by atoms with Gasteiger partial charge in [-0.1, -0.05) is 18.2 Å². The molecule has 74 valence electrons. The molecular formula is C12H10N2O. The maximum Gasteiger partial charge on any atom is 0.195 e. The van der Waals surface area contributed by atoms with Gasteiger partial charge in [-0.05, 0) is 25.0 Å². The molecule has 0 fully saturated rings. The Bertz CT molecular complexity index is 443. The van der Waals surface area contributed by atoms with Crippen molar-refractivity contribution < 1.29 is 4.79 Å². The number of nitrogens with zero attached hydrogens (tertiary/aromatic N) is 2. The number of Topliss-reactive ketones (excluding diaryl/α,β-unsaturated/α-hetero) is 1. The summed E-state index contributed by atoms with van der Waals surface area (Å²) in [6.07, 6.45) is 0. The van der Waals surface area contributed by atoms with E-state index in [0.717, 1.165) is 11.1 Å². The number of benzene rings is 1. The average molecular weight is 198 g/mol. The summed E-state index contributed by atoms with van der Waals surface area (Å²) in [7, 11) is 0. The lowest BCUT2D eigenvalue weighted by Crippen LogP contribution is -2.13. The average Bonchev–Trinajstić information content (AvgIpc) is 2.19. The summed E-state index contributed by atoms with van der Waals surface area (Å²) in [5.74, 6) is -1.61. The molecule has 3 heteroatoms. The molecule has 1 aromatic carbocycles. The molecule has 0 amide bonds. The maximum absolute atomic E-state index is 11.8. The fraction of sp³-hybridized carbons (Fsp3) is 0.250. The first kappa shape index (κ1) is 10.9. The van der Waals surface area contributed by atoms with E-state index in [2.05, 4.69) is 0 Å². The zero-order valence-electron chi connectivity index (χ0n) is 8.61. The first-order valence-electron chi connectivity index (χ1n) is 4.51. The van der Waals surface area contributed by atoms with Crippen LogP contribution >= 0.6 is 0 Å². The first-order chi connectivity index (χ1) is 7.11. The van der Waals surface area contributed by atoms with Gasteiger partial charge < -0.3 is 0 Å². The number of carbonyl (C=O) groups is 1. The van der Waals surface area contributed by atoms with Crippen molar-refractivity contribution in [3.63, 3.8) is 0 Å². The Labute approximate surface area is 88.6 Å². The van der Waals surface area contributed by atoms with E-state index in [4.69, 9.17) is 10.5 Å². The minimum atomic E-state index is -1.20. The third-order valence-electron chi connectivity index (χ3n) is 2.25. The second kappa shape index (κ2) is 4.39. The molecule has 0 atom stereocenters. The molecular weight excluding hydrogens is 188 g/mol. The van der Waals surface area contributed by atoms with Crippen LogP contribution in [0.25, 0.3) is 0 Å². The number of ketones is 1. The van der Waals surface area contributed by atoms with E-state index >= 15 is 0 Å². The third-order valence-corrected chi connectivity index (χ3v) is 2.25. The molecule has 0 aliphatic carbocycles. The molecule has 0 bridgehead atoms. The SMILES string of the molecule is Cc1cccc(C)c1C(=O)C(C#N)C#N. The Kier molecular flexibility index (Phi) is 3.21. The minimum Gasteiger partial charge on any atom is -0.291 e. The number of hydrogen-bond donors (Lipinski definition) is 0. The van der Waals surface area contributed by atoms with E-state index in [-0.39, 0.29) is 0 Å². The van der Waals surface area contributed by atoms with E-state index in [1.54, 1.807) is 38.1 Å². The molecule has 0 saturated heterocycles. The van der Waals surface area contributed by atoms with Gasteiger partial charge in [0.05, 0.1) is 12.1 Å². The molecule has 0 aliphatic heterocycles. The van der Waals surface area contributed by atoms with Gasteiger partial charge in [-0.15, -0.1) is 0 Å². The molecule has 15 heavy (non-hydrogen) atoms. The lowest BCUT2D eigenvalue weighted by atomic mass is 9.93. The Morgan fingerprint density at radius 3 is 2.07 bits per heavy atom. The van der Waals surface area contributed by atoms with Gasteiger partial charge in [-0.25, -0.2) is 0 Å². The monoisotopic (exact) mass is 198 g/mol. The van der Waals surface area contributed by atoms with E-state index in [1.165, 1.54) is 0 Å². The van der Waals surface area contributed by atoms with Crippen molar-refractivity contribution in [3.05, 3.63) is 34.9 Å².